The van der Waals surface area contributed by atoms with Crippen LogP contribution in [0.3, 0.4) is 0 Å². The second kappa shape index (κ2) is 8.89. The van der Waals surface area contributed by atoms with E-state index >= 15 is 0 Å². The minimum Gasteiger partial charge on any atom is -0.383 e. The zero-order valence-electron chi connectivity index (χ0n) is 15.7. The summed E-state index contributed by atoms with van der Waals surface area (Å²) >= 11 is 0. The molecule has 1 aromatic carbocycles. The van der Waals surface area contributed by atoms with E-state index in [2.05, 4.69) is 35.8 Å². The van der Waals surface area contributed by atoms with Gasteiger partial charge < -0.3 is 10.6 Å². The number of amides is 1. The van der Waals surface area contributed by atoms with Crippen molar-refractivity contribution in [2.24, 2.45) is 0 Å². The van der Waals surface area contributed by atoms with Crippen molar-refractivity contribution >= 4 is 5.91 Å². The number of nitrogens with zero attached hydrogens (tertiary/aromatic N) is 1. The van der Waals surface area contributed by atoms with Gasteiger partial charge in [0.15, 0.2) is 0 Å². The SMILES string of the molecule is CCC(N/C=C(/C#N)C(=O)NC1CCCC1)c1ccc2c(c1)CCCC2. The predicted octanol–water partition coefficient (Wildman–Crippen LogP) is 4.07. The van der Waals surface area contributed by atoms with Gasteiger partial charge in [0, 0.05) is 12.2 Å². The Bertz CT molecular complexity index is 711. The molecule has 0 heterocycles. The van der Waals surface area contributed by atoms with E-state index in [1.165, 1.54) is 36.0 Å². The maximum Gasteiger partial charge on any atom is 0.263 e. The number of fused-ring (bicyclic) bond motifs is 1. The molecule has 1 unspecified atom stereocenters. The van der Waals surface area contributed by atoms with Gasteiger partial charge in [-0.2, -0.15) is 5.26 Å². The van der Waals surface area contributed by atoms with Crippen LogP contribution in [0.25, 0.3) is 0 Å². The third-order valence-electron chi connectivity index (χ3n) is 5.67. The first-order chi connectivity index (χ1) is 12.7. The summed E-state index contributed by atoms with van der Waals surface area (Å²) < 4.78 is 0. The molecule has 1 atom stereocenters. The highest BCUT2D eigenvalue weighted by molar-refractivity contribution is 5.97. The van der Waals surface area contributed by atoms with Crippen LogP contribution in [0, 0.1) is 11.3 Å². The lowest BCUT2D eigenvalue weighted by atomic mass is 9.89. The minimum atomic E-state index is -0.257. The lowest BCUT2D eigenvalue weighted by molar-refractivity contribution is -0.117. The average molecular weight is 351 g/mol. The minimum absolute atomic E-state index is 0.116. The molecular formula is C22H29N3O. The average Bonchev–Trinajstić information content (AvgIpc) is 3.18. The van der Waals surface area contributed by atoms with Gasteiger partial charge in [-0.1, -0.05) is 38.0 Å². The number of carbonyl (C=O) groups is 1. The molecule has 138 valence electrons. The maximum absolute atomic E-state index is 12.3. The summed E-state index contributed by atoms with van der Waals surface area (Å²) in [5.74, 6) is -0.257. The number of nitrogens with one attached hydrogen (secondary N) is 2. The maximum atomic E-state index is 12.3. The van der Waals surface area contributed by atoms with E-state index < -0.39 is 0 Å². The second-order valence-electron chi connectivity index (χ2n) is 7.49. The lowest BCUT2D eigenvalue weighted by Crippen LogP contribution is -2.34. The van der Waals surface area contributed by atoms with Crippen LogP contribution in [0.5, 0.6) is 0 Å². The molecule has 4 heteroatoms. The molecule has 2 aliphatic carbocycles. The zero-order chi connectivity index (χ0) is 18.4. The predicted molar refractivity (Wildman–Crippen MR) is 103 cm³/mol. The van der Waals surface area contributed by atoms with Crippen LogP contribution in [0.1, 0.15) is 74.6 Å². The molecule has 0 spiro atoms. The zero-order valence-corrected chi connectivity index (χ0v) is 15.7. The van der Waals surface area contributed by atoms with E-state index in [0.29, 0.717) is 0 Å². The van der Waals surface area contributed by atoms with E-state index in [1.54, 1.807) is 6.20 Å². The van der Waals surface area contributed by atoms with Gasteiger partial charge in [-0.05, 0) is 61.6 Å². The Morgan fingerprint density at radius 3 is 2.65 bits per heavy atom. The van der Waals surface area contributed by atoms with Gasteiger partial charge in [0.2, 0.25) is 0 Å². The Morgan fingerprint density at radius 1 is 1.23 bits per heavy atom. The Hall–Kier alpha value is -2.28. The monoisotopic (exact) mass is 351 g/mol. The van der Waals surface area contributed by atoms with Gasteiger partial charge in [-0.15, -0.1) is 0 Å². The number of rotatable bonds is 6. The number of benzene rings is 1. The number of aryl methyl sites for hydroxylation is 2. The Balaban J connectivity index is 1.67. The molecule has 4 nitrogen and oxygen atoms in total. The molecule has 0 radical (unpaired) electrons. The molecule has 0 aliphatic heterocycles. The molecule has 2 N–H and O–H groups in total. The number of hydrogen-bond acceptors (Lipinski definition) is 3. The molecule has 26 heavy (non-hydrogen) atoms. The van der Waals surface area contributed by atoms with Crippen molar-refractivity contribution < 1.29 is 4.79 Å². The van der Waals surface area contributed by atoms with Crippen LogP contribution >= 0.6 is 0 Å². The standard InChI is InChI=1S/C22H29N3O/c1-2-21(18-12-11-16-7-3-4-8-17(16)13-18)24-15-19(14-23)22(26)25-20-9-5-6-10-20/h11-13,15,20-21,24H,2-10H2,1H3,(H,25,26)/b19-15-. The van der Waals surface area contributed by atoms with E-state index in [4.69, 9.17) is 0 Å². The number of nitriles is 1. The summed E-state index contributed by atoms with van der Waals surface area (Å²) in [6.45, 7) is 2.12. The molecule has 0 bridgehead atoms. The molecule has 1 fully saturated rings. The van der Waals surface area contributed by atoms with Crippen molar-refractivity contribution in [3.8, 4) is 6.07 Å². The lowest BCUT2D eigenvalue weighted by Gasteiger charge is -2.21. The van der Waals surface area contributed by atoms with Crippen molar-refractivity contribution in [2.45, 2.75) is 76.8 Å². The fourth-order valence-electron chi connectivity index (χ4n) is 4.09. The Kier molecular flexibility index (Phi) is 6.33. The van der Waals surface area contributed by atoms with E-state index in [0.717, 1.165) is 38.5 Å². The van der Waals surface area contributed by atoms with E-state index in [9.17, 15) is 10.1 Å². The topological polar surface area (TPSA) is 64.9 Å². The van der Waals surface area contributed by atoms with Crippen LogP contribution in [0.2, 0.25) is 0 Å². The Morgan fingerprint density at radius 2 is 1.96 bits per heavy atom. The van der Waals surface area contributed by atoms with Gasteiger partial charge in [0.1, 0.15) is 11.6 Å². The largest absolute Gasteiger partial charge is 0.383 e. The first kappa shape index (κ1) is 18.5. The summed E-state index contributed by atoms with van der Waals surface area (Å²) in [6.07, 6.45) is 11.7. The second-order valence-corrected chi connectivity index (χ2v) is 7.49. The van der Waals surface area contributed by atoms with Gasteiger partial charge in [0.05, 0.1) is 6.04 Å². The summed E-state index contributed by atoms with van der Waals surface area (Å²) in [6, 6.07) is 9.11. The fourth-order valence-corrected chi connectivity index (χ4v) is 4.09. The molecular weight excluding hydrogens is 322 g/mol. The smallest absolute Gasteiger partial charge is 0.263 e. The van der Waals surface area contributed by atoms with Gasteiger partial charge >= 0.3 is 0 Å². The molecule has 1 saturated carbocycles. The highest BCUT2D eigenvalue weighted by Gasteiger charge is 2.20. The summed E-state index contributed by atoms with van der Waals surface area (Å²) in [4.78, 5) is 12.3. The summed E-state index contributed by atoms with van der Waals surface area (Å²) in [7, 11) is 0. The first-order valence-electron chi connectivity index (χ1n) is 10.00. The van der Waals surface area contributed by atoms with Crippen LogP contribution in [-0.2, 0) is 17.6 Å². The first-order valence-corrected chi connectivity index (χ1v) is 10.00. The van der Waals surface area contributed by atoms with Gasteiger partial charge in [0.25, 0.3) is 5.91 Å². The quantitative estimate of drug-likeness (QED) is 0.600. The number of carbonyl (C=O) groups excluding carboxylic acids is 1. The molecule has 2 aliphatic rings. The number of hydrogen-bond donors (Lipinski definition) is 2. The van der Waals surface area contributed by atoms with Crippen molar-refractivity contribution in [1.29, 1.82) is 5.26 Å². The Labute approximate surface area is 156 Å². The molecule has 1 aromatic rings. The van der Waals surface area contributed by atoms with Gasteiger partial charge in [-0.25, -0.2) is 0 Å². The van der Waals surface area contributed by atoms with E-state index in [1.807, 2.05) is 6.07 Å². The molecule has 3 rings (SSSR count). The third kappa shape index (κ3) is 4.46. The van der Waals surface area contributed by atoms with Gasteiger partial charge in [-0.3, -0.25) is 4.79 Å². The van der Waals surface area contributed by atoms with Crippen LogP contribution in [0.4, 0.5) is 0 Å². The highest BCUT2D eigenvalue weighted by atomic mass is 16.1. The third-order valence-corrected chi connectivity index (χ3v) is 5.67. The highest BCUT2D eigenvalue weighted by Crippen LogP contribution is 2.26. The van der Waals surface area contributed by atoms with Crippen molar-refractivity contribution in [2.75, 3.05) is 0 Å². The van der Waals surface area contributed by atoms with Crippen LogP contribution in [0.15, 0.2) is 30.0 Å². The summed E-state index contributed by atoms with van der Waals surface area (Å²) in [5.41, 5.74) is 4.32. The van der Waals surface area contributed by atoms with Crippen LogP contribution in [-0.4, -0.2) is 11.9 Å². The van der Waals surface area contributed by atoms with Crippen molar-refractivity contribution in [3.05, 3.63) is 46.7 Å². The van der Waals surface area contributed by atoms with Crippen molar-refractivity contribution in [1.82, 2.24) is 10.6 Å². The normalized spacial score (nSPS) is 18.7. The molecule has 0 aromatic heterocycles. The van der Waals surface area contributed by atoms with Crippen LogP contribution < -0.4 is 10.6 Å². The summed E-state index contributed by atoms with van der Waals surface area (Å²) in [5, 5.41) is 15.7. The van der Waals surface area contributed by atoms with Crippen molar-refractivity contribution in [3.63, 3.8) is 0 Å². The molecule has 1 amide bonds. The fraction of sp³-hybridized carbons (Fsp3) is 0.545. The molecule has 0 saturated heterocycles. The van der Waals surface area contributed by atoms with E-state index in [-0.39, 0.29) is 23.6 Å².